The number of hydroxylamine groups is 1. The second kappa shape index (κ2) is 14.6. The molecule has 14 nitrogen and oxygen atoms in total. The number of amides is 2. The molecule has 16 heteroatoms. The van der Waals surface area contributed by atoms with Crippen molar-refractivity contribution in [3.8, 4) is 11.3 Å². The molecule has 46 heavy (non-hydrogen) atoms. The number of rotatable bonds is 16. The number of hydrogen-bond donors (Lipinski definition) is 3. The van der Waals surface area contributed by atoms with Crippen molar-refractivity contribution in [1.82, 2.24) is 5.48 Å². The van der Waals surface area contributed by atoms with E-state index in [2.05, 4.69) is 4.74 Å². The van der Waals surface area contributed by atoms with E-state index in [1.165, 1.54) is 54.0 Å². The average Bonchev–Trinajstić information content (AvgIpc) is 3.76. The third kappa shape index (κ3) is 8.58. The number of ether oxygens (including phenoxy) is 4. The second-order valence-electron chi connectivity index (χ2n) is 11.1. The summed E-state index contributed by atoms with van der Waals surface area (Å²) in [4.78, 5) is 36.0. The molecule has 1 aromatic heterocycles. The van der Waals surface area contributed by atoms with E-state index in [1.54, 1.807) is 6.07 Å². The lowest BCUT2D eigenvalue weighted by Crippen LogP contribution is -2.43. The number of primary amides is 1. The quantitative estimate of drug-likeness (QED) is 0.0666. The van der Waals surface area contributed by atoms with E-state index >= 15 is 0 Å². The number of halogens is 1. The van der Waals surface area contributed by atoms with Gasteiger partial charge in [0.05, 0.1) is 51.5 Å². The summed E-state index contributed by atoms with van der Waals surface area (Å²) in [5.74, 6) is -2.26. The van der Waals surface area contributed by atoms with E-state index in [1.807, 2.05) is 0 Å². The van der Waals surface area contributed by atoms with Crippen LogP contribution in [-0.4, -0.2) is 83.0 Å². The Morgan fingerprint density at radius 3 is 2.28 bits per heavy atom. The molecular formula is C30H36FN3O11S. The molecule has 2 amide bonds. The summed E-state index contributed by atoms with van der Waals surface area (Å²) in [7, 11) is -3.82. The van der Waals surface area contributed by atoms with Crippen LogP contribution in [0.25, 0.3) is 22.3 Å². The molecule has 1 fully saturated rings. The van der Waals surface area contributed by atoms with Gasteiger partial charge in [-0.3, -0.25) is 14.3 Å². The van der Waals surface area contributed by atoms with Gasteiger partial charge in [-0.25, -0.2) is 27.9 Å². The topological polar surface area (TPSA) is 197 Å². The first-order valence-electron chi connectivity index (χ1n) is 14.3. The first-order valence-corrected chi connectivity index (χ1v) is 16.2. The van der Waals surface area contributed by atoms with Crippen LogP contribution in [0.2, 0.25) is 0 Å². The number of nitrogens with one attached hydrogen (secondary N) is 1. The fourth-order valence-corrected chi connectivity index (χ4v) is 5.65. The molecule has 0 bridgehead atoms. The normalized spacial score (nSPS) is 13.5. The van der Waals surface area contributed by atoms with Crippen molar-refractivity contribution < 1.29 is 55.8 Å². The number of sulfonamides is 1. The van der Waals surface area contributed by atoms with Crippen LogP contribution in [0, 0.1) is 5.82 Å². The smallest absolute Gasteiger partial charge is 0.412 e. The lowest BCUT2D eigenvalue weighted by Gasteiger charge is -2.25. The van der Waals surface area contributed by atoms with E-state index in [0.717, 1.165) is 19.1 Å². The van der Waals surface area contributed by atoms with Gasteiger partial charge in [-0.2, -0.15) is 0 Å². The van der Waals surface area contributed by atoms with Gasteiger partial charge in [0.1, 0.15) is 28.3 Å². The summed E-state index contributed by atoms with van der Waals surface area (Å²) in [6.07, 6.45) is 1.33. The number of benzene rings is 2. The summed E-state index contributed by atoms with van der Waals surface area (Å²) < 4.78 is 68.0. The second-order valence-corrected chi connectivity index (χ2v) is 13.0. The molecular weight excluding hydrogens is 629 g/mol. The maximum atomic E-state index is 13.6. The zero-order valence-electron chi connectivity index (χ0n) is 25.5. The van der Waals surface area contributed by atoms with Crippen LogP contribution in [0.5, 0.6) is 0 Å². The Bertz CT molecular complexity index is 1690. The summed E-state index contributed by atoms with van der Waals surface area (Å²) in [6.45, 7) is 3.54. The molecule has 2 aromatic carbocycles. The maximum absolute atomic E-state index is 13.6. The van der Waals surface area contributed by atoms with E-state index in [-0.39, 0.29) is 67.8 Å². The van der Waals surface area contributed by atoms with Crippen molar-refractivity contribution in [1.29, 1.82) is 0 Å². The zero-order valence-corrected chi connectivity index (χ0v) is 26.4. The predicted octanol–water partition coefficient (Wildman–Crippen LogP) is 3.45. The Labute approximate surface area is 264 Å². The van der Waals surface area contributed by atoms with Gasteiger partial charge in [0.25, 0.3) is 5.91 Å². The van der Waals surface area contributed by atoms with Crippen LogP contribution in [0.4, 0.5) is 14.9 Å². The number of anilines is 1. The van der Waals surface area contributed by atoms with Crippen molar-refractivity contribution in [2.24, 2.45) is 5.73 Å². The molecule has 0 radical (unpaired) electrons. The van der Waals surface area contributed by atoms with Crippen LogP contribution >= 0.6 is 0 Å². The van der Waals surface area contributed by atoms with Crippen molar-refractivity contribution in [2.75, 3.05) is 50.1 Å². The highest BCUT2D eigenvalue weighted by atomic mass is 32.2. The standard InChI is InChI=1S/C30H36FN3O11S/c1-30(2,28(36)33-38)43-15-14-42-13-12-41-11-10-34(46(3,39)40)23-17-24-22(16-21(23)18-4-5-18)25(27(35)45-29(32)37)26(44-24)19-6-8-20(31)9-7-19/h6-9,16-18,38H,4-5,10-15H2,1-3H3,(H2,32,37)(H,33,36). The minimum atomic E-state index is -3.82. The van der Waals surface area contributed by atoms with E-state index in [0.29, 0.717) is 16.8 Å². The Morgan fingerprint density at radius 1 is 1.07 bits per heavy atom. The largest absolute Gasteiger partial charge is 0.455 e. The first kappa shape index (κ1) is 34.8. The molecule has 0 aliphatic heterocycles. The van der Waals surface area contributed by atoms with Crippen LogP contribution in [0.1, 0.15) is 48.5 Å². The highest BCUT2D eigenvalue weighted by molar-refractivity contribution is 7.92. The lowest BCUT2D eigenvalue weighted by molar-refractivity contribution is -0.153. The first-order chi connectivity index (χ1) is 21.7. The van der Waals surface area contributed by atoms with Gasteiger partial charge in [-0.1, -0.05) is 0 Å². The molecule has 1 aliphatic carbocycles. The molecule has 0 spiro atoms. The summed E-state index contributed by atoms with van der Waals surface area (Å²) in [6, 6.07) is 8.30. The molecule has 1 heterocycles. The number of hydrogen-bond acceptors (Lipinski definition) is 11. The fraction of sp³-hybridized carbons (Fsp3) is 0.433. The molecule has 0 unspecified atom stereocenters. The number of furan rings is 1. The average molecular weight is 666 g/mol. The van der Waals surface area contributed by atoms with Crippen molar-refractivity contribution in [3.63, 3.8) is 0 Å². The number of fused-ring (bicyclic) bond motifs is 1. The van der Waals surface area contributed by atoms with Crippen molar-refractivity contribution >= 4 is 44.6 Å². The van der Waals surface area contributed by atoms with Gasteiger partial charge in [-0.05, 0) is 68.5 Å². The molecule has 0 saturated heterocycles. The monoisotopic (exact) mass is 665 g/mol. The summed E-state index contributed by atoms with van der Waals surface area (Å²) in [5, 5.41) is 9.02. The number of esters is 1. The van der Waals surface area contributed by atoms with Gasteiger partial charge >= 0.3 is 12.1 Å². The van der Waals surface area contributed by atoms with Crippen LogP contribution < -0.4 is 15.5 Å². The number of carbonyl (C=O) groups excluding carboxylic acids is 3. The molecule has 1 aliphatic rings. The predicted molar refractivity (Wildman–Crippen MR) is 162 cm³/mol. The van der Waals surface area contributed by atoms with E-state index in [4.69, 9.17) is 29.6 Å². The van der Waals surface area contributed by atoms with E-state index in [9.17, 15) is 27.2 Å². The minimum Gasteiger partial charge on any atom is -0.455 e. The SMILES string of the molecule is CC(C)(OCCOCCOCCN(c1cc2oc(-c3ccc(F)cc3)c(C(=O)OC(N)=O)c2cc1C1CC1)S(C)(=O)=O)C(=O)NO. The molecule has 3 aromatic rings. The lowest BCUT2D eigenvalue weighted by atomic mass is 10.0. The van der Waals surface area contributed by atoms with Crippen LogP contribution in [-0.2, 0) is 33.8 Å². The Kier molecular flexibility index (Phi) is 11.0. The maximum Gasteiger partial charge on any atom is 0.412 e. The third-order valence-electron chi connectivity index (χ3n) is 7.18. The molecule has 4 N–H and O–H groups in total. The highest BCUT2D eigenvalue weighted by Gasteiger charge is 2.34. The number of carbonyl (C=O) groups is 3. The van der Waals surface area contributed by atoms with Crippen LogP contribution in [0.15, 0.2) is 40.8 Å². The Balaban J connectivity index is 1.52. The zero-order chi connectivity index (χ0) is 33.6. The molecule has 0 atom stereocenters. The summed E-state index contributed by atoms with van der Waals surface area (Å²) >= 11 is 0. The van der Waals surface area contributed by atoms with Gasteiger partial charge in [0.2, 0.25) is 10.0 Å². The third-order valence-corrected chi connectivity index (χ3v) is 8.36. The van der Waals surface area contributed by atoms with E-state index < -0.39 is 39.4 Å². The molecule has 4 rings (SSSR count). The molecule has 1 saturated carbocycles. The van der Waals surface area contributed by atoms with Gasteiger partial charge in [0, 0.05) is 17.0 Å². The Hall–Kier alpha value is -4.09. The number of nitrogens with two attached hydrogens (primary N) is 1. The van der Waals surface area contributed by atoms with Gasteiger partial charge in [0.15, 0.2) is 0 Å². The number of nitrogens with zero attached hydrogens (tertiary/aromatic N) is 1. The van der Waals surface area contributed by atoms with Crippen molar-refractivity contribution in [3.05, 3.63) is 53.3 Å². The highest BCUT2D eigenvalue weighted by Crippen LogP contribution is 2.48. The van der Waals surface area contributed by atoms with Gasteiger partial charge < -0.3 is 29.1 Å². The molecule has 250 valence electrons. The van der Waals surface area contributed by atoms with Gasteiger partial charge in [-0.15, -0.1) is 0 Å². The van der Waals surface area contributed by atoms with Crippen molar-refractivity contribution in [2.45, 2.75) is 38.2 Å². The fourth-order valence-electron chi connectivity index (χ4n) is 4.73. The summed E-state index contributed by atoms with van der Waals surface area (Å²) in [5.41, 5.74) is 6.75. The van der Waals surface area contributed by atoms with Crippen LogP contribution in [0.3, 0.4) is 0 Å². The minimum absolute atomic E-state index is 0.0000112. The Morgan fingerprint density at radius 2 is 1.70 bits per heavy atom.